The highest BCUT2D eigenvalue weighted by molar-refractivity contribution is 5.67. The monoisotopic (exact) mass is 533 g/mol. The molecule has 0 radical (unpaired) electrons. The van der Waals surface area contributed by atoms with Crippen molar-refractivity contribution in [3.05, 3.63) is 63.5 Å². The molecule has 1 aromatic heterocycles. The molecule has 2 aromatic rings. The van der Waals surface area contributed by atoms with Crippen LogP contribution < -0.4 is 0 Å². The summed E-state index contributed by atoms with van der Waals surface area (Å²) in [5, 5.41) is 11.5. The summed E-state index contributed by atoms with van der Waals surface area (Å²) in [5.41, 5.74) is 2.00. The number of hydrogen-bond acceptors (Lipinski definition) is 6. The number of nitrogens with zero attached hydrogens (tertiary/aromatic N) is 1. The zero-order valence-corrected chi connectivity index (χ0v) is 22.3. The van der Waals surface area contributed by atoms with Crippen molar-refractivity contribution in [2.24, 2.45) is 5.41 Å². The summed E-state index contributed by atoms with van der Waals surface area (Å²) in [6.07, 6.45) is -5.23. The van der Waals surface area contributed by atoms with E-state index in [0.29, 0.717) is 49.3 Å². The van der Waals surface area contributed by atoms with Crippen LogP contribution in [0.1, 0.15) is 117 Å². The highest BCUT2D eigenvalue weighted by Gasteiger charge is 2.54. The van der Waals surface area contributed by atoms with E-state index in [-0.39, 0.29) is 5.92 Å². The lowest BCUT2D eigenvalue weighted by Crippen LogP contribution is -2.39. The second kappa shape index (κ2) is 9.31. The number of alkyl halides is 3. The molecule has 0 amide bonds. The maximum absolute atomic E-state index is 13.3. The van der Waals surface area contributed by atoms with Crippen molar-refractivity contribution >= 4 is 5.97 Å². The summed E-state index contributed by atoms with van der Waals surface area (Å²) in [4.78, 5) is 17.2. The van der Waals surface area contributed by atoms with Crippen molar-refractivity contribution in [2.75, 3.05) is 13.2 Å². The molecule has 1 fully saturated rings. The van der Waals surface area contributed by atoms with Crippen molar-refractivity contribution < 1.29 is 37.3 Å². The van der Waals surface area contributed by atoms with Gasteiger partial charge in [0, 0.05) is 55.2 Å². The van der Waals surface area contributed by atoms with E-state index in [1.54, 1.807) is 0 Å². The van der Waals surface area contributed by atoms with Crippen molar-refractivity contribution in [1.29, 1.82) is 0 Å². The van der Waals surface area contributed by atoms with Gasteiger partial charge < -0.3 is 19.3 Å². The molecule has 2 aliphatic heterocycles. The van der Waals surface area contributed by atoms with Crippen LogP contribution in [0, 0.1) is 5.41 Å². The van der Waals surface area contributed by atoms with E-state index in [4.69, 9.17) is 19.2 Å². The number of ether oxygens (including phenoxy) is 3. The van der Waals surface area contributed by atoms with Gasteiger partial charge in [0.05, 0.1) is 23.0 Å². The van der Waals surface area contributed by atoms with Gasteiger partial charge in [-0.3, -0.25) is 9.78 Å². The van der Waals surface area contributed by atoms with Gasteiger partial charge in [-0.1, -0.05) is 39.8 Å². The molecule has 3 atom stereocenters. The molecule has 1 N–H and O–H groups in total. The molecule has 38 heavy (non-hydrogen) atoms. The predicted molar refractivity (Wildman–Crippen MR) is 132 cm³/mol. The summed E-state index contributed by atoms with van der Waals surface area (Å²) >= 11 is 0. The average molecular weight is 534 g/mol. The number of pyridine rings is 1. The van der Waals surface area contributed by atoms with Gasteiger partial charge >= 0.3 is 12.1 Å². The minimum atomic E-state index is -4.44. The van der Waals surface area contributed by atoms with Crippen molar-refractivity contribution in [3.8, 4) is 0 Å². The van der Waals surface area contributed by atoms with Gasteiger partial charge in [0.2, 0.25) is 0 Å². The molecular formula is C29H34F3NO5. The van der Waals surface area contributed by atoms with Crippen LogP contribution in [0.4, 0.5) is 13.2 Å². The van der Waals surface area contributed by atoms with Crippen LogP contribution in [0.15, 0.2) is 24.3 Å². The Morgan fingerprint density at radius 1 is 1.13 bits per heavy atom. The van der Waals surface area contributed by atoms with E-state index in [9.17, 15) is 23.1 Å². The Morgan fingerprint density at radius 2 is 1.76 bits per heavy atom. The molecule has 0 saturated carbocycles. The third-order valence-electron chi connectivity index (χ3n) is 8.08. The molecule has 1 saturated heterocycles. The van der Waals surface area contributed by atoms with E-state index in [0.717, 1.165) is 29.0 Å². The van der Waals surface area contributed by atoms with Gasteiger partial charge in [-0.2, -0.15) is 13.2 Å². The van der Waals surface area contributed by atoms with E-state index >= 15 is 0 Å². The quantitative estimate of drug-likeness (QED) is 0.459. The van der Waals surface area contributed by atoms with Crippen LogP contribution in [0.25, 0.3) is 0 Å². The van der Waals surface area contributed by atoms with Crippen LogP contribution in [0.2, 0.25) is 0 Å². The first-order valence-corrected chi connectivity index (χ1v) is 13.1. The van der Waals surface area contributed by atoms with Crippen molar-refractivity contribution in [2.45, 2.75) is 89.9 Å². The van der Waals surface area contributed by atoms with E-state index in [1.807, 2.05) is 27.7 Å². The molecule has 6 nitrogen and oxygen atoms in total. The van der Waals surface area contributed by atoms with E-state index < -0.39 is 47.0 Å². The smallest absolute Gasteiger partial charge is 0.416 e. The Hall–Kier alpha value is -2.49. The number of aromatic nitrogens is 1. The molecule has 1 aromatic carbocycles. The summed E-state index contributed by atoms with van der Waals surface area (Å²) in [6, 6.07) is 5.06. The summed E-state index contributed by atoms with van der Waals surface area (Å²) in [5.74, 6) is -0.497. The lowest BCUT2D eigenvalue weighted by Gasteiger charge is -2.43. The molecule has 206 valence electrons. The number of hydrogen-bond donors (Lipinski definition) is 1. The van der Waals surface area contributed by atoms with E-state index in [1.165, 1.54) is 19.1 Å². The third kappa shape index (κ3) is 4.42. The molecule has 3 aliphatic rings. The van der Waals surface area contributed by atoms with Crippen LogP contribution >= 0.6 is 0 Å². The van der Waals surface area contributed by atoms with Crippen LogP contribution in [0.5, 0.6) is 0 Å². The van der Waals surface area contributed by atoms with Crippen molar-refractivity contribution in [3.63, 3.8) is 0 Å². The lowest BCUT2D eigenvalue weighted by molar-refractivity contribution is -0.157. The molecular weight excluding hydrogens is 499 g/mol. The van der Waals surface area contributed by atoms with Gasteiger partial charge in [-0.15, -0.1) is 0 Å². The predicted octanol–water partition coefficient (Wildman–Crippen LogP) is 6.42. The number of fused-ring (bicyclic) bond motifs is 4. The average Bonchev–Trinajstić information content (AvgIpc) is 3.14. The fraction of sp³-hybridized carbons (Fsp3) is 0.586. The molecule has 1 aliphatic carbocycles. The Morgan fingerprint density at radius 3 is 2.32 bits per heavy atom. The lowest BCUT2D eigenvalue weighted by atomic mass is 9.68. The fourth-order valence-corrected chi connectivity index (χ4v) is 6.34. The minimum Gasteiger partial charge on any atom is -0.455 e. The standard InChI is InChI=1S/C29H34F3NO5/c1-15(2)23-21-22(20-19(35)14-27(4,5)26(24(20)33-23)37-16(3)34)28(10-12-36-13-11-28)38-25(21)17-6-8-18(9-7-17)29(30,31)32/h6-9,15,19,25-26,35H,10-14H2,1-5H3/t19?,25-,26+/m1/s1. The number of halogens is 3. The Labute approximate surface area is 220 Å². The van der Waals surface area contributed by atoms with Gasteiger partial charge in [-0.25, -0.2) is 0 Å². The van der Waals surface area contributed by atoms with Crippen LogP contribution in [-0.4, -0.2) is 29.3 Å². The Balaban J connectivity index is 1.78. The third-order valence-corrected chi connectivity index (χ3v) is 8.08. The van der Waals surface area contributed by atoms with E-state index in [2.05, 4.69) is 0 Å². The second-order valence-corrected chi connectivity index (χ2v) is 11.7. The number of benzene rings is 1. The number of rotatable bonds is 3. The largest absolute Gasteiger partial charge is 0.455 e. The highest BCUT2D eigenvalue weighted by atomic mass is 19.4. The minimum absolute atomic E-state index is 0.0650. The van der Waals surface area contributed by atoms with Gasteiger partial charge in [0.15, 0.2) is 0 Å². The van der Waals surface area contributed by atoms with Crippen LogP contribution in [0.3, 0.4) is 0 Å². The first-order chi connectivity index (χ1) is 17.7. The summed E-state index contributed by atoms with van der Waals surface area (Å²) in [6.45, 7) is 10.1. The SMILES string of the molecule is CC(=O)O[C@H]1c2nc(C(C)C)c3c(c2C(O)CC1(C)C)C1(CCOCC1)O[C@@H]3c1ccc(C(F)(F)F)cc1. The van der Waals surface area contributed by atoms with Gasteiger partial charge in [-0.05, 0) is 35.6 Å². The summed E-state index contributed by atoms with van der Waals surface area (Å²) in [7, 11) is 0. The zero-order chi connectivity index (χ0) is 27.6. The topological polar surface area (TPSA) is 77.9 Å². The number of carbonyl (C=O) groups is 1. The fourth-order valence-electron chi connectivity index (χ4n) is 6.34. The maximum Gasteiger partial charge on any atom is 0.416 e. The molecule has 9 heteroatoms. The first kappa shape index (κ1) is 27.1. The van der Waals surface area contributed by atoms with Crippen molar-refractivity contribution in [1.82, 2.24) is 4.98 Å². The van der Waals surface area contributed by atoms with Crippen LogP contribution in [-0.2, 0) is 30.8 Å². The zero-order valence-electron chi connectivity index (χ0n) is 22.3. The second-order valence-electron chi connectivity index (χ2n) is 11.7. The number of aliphatic hydroxyl groups is 1. The number of carbonyl (C=O) groups excluding carboxylic acids is 1. The summed E-state index contributed by atoms with van der Waals surface area (Å²) < 4.78 is 58.2. The maximum atomic E-state index is 13.3. The molecule has 3 heterocycles. The molecule has 1 unspecified atom stereocenters. The Kier molecular flexibility index (Phi) is 6.64. The number of aliphatic hydroxyl groups excluding tert-OH is 1. The normalized spacial score (nSPS) is 25.8. The Bertz CT molecular complexity index is 1230. The first-order valence-electron chi connectivity index (χ1n) is 13.1. The highest BCUT2D eigenvalue weighted by Crippen LogP contribution is 2.59. The van der Waals surface area contributed by atoms with Gasteiger partial charge in [0.25, 0.3) is 0 Å². The molecule has 5 rings (SSSR count). The molecule has 1 spiro atoms. The number of esters is 1. The van der Waals surface area contributed by atoms with Gasteiger partial charge in [0.1, 0.15) is 12.2 Å². The molecule has 0 bridgehead atoms.